The molecule has 2 aromatic rings. The van der Waals surface area contributed by atoms with Gasteiger partial charge in [0.05, 0.1) is 15.2 Å². The van der Waals surface area contributed by atoms with Crippen molar-refractivity contribution in [2.24, 2.45) is 0 Å². The second kappa shape index (κ2) is 2.73. The maximum absolute atomic E-state index is 5.92. The molecule has 0 amide bonds. The minimum Gasteiger partial charge on any atom is -0.229 e. The first-order chi connectivity index (χ1) is 5.27. The first kappa shape index (κ1) is 7.53. The predicted octanol–water partition coefficient (Wildman–Crippen LogP) is 3.71. The van der Waals surface area contributed by atoms with Crippen molar-refractivity contribution in [3.63, 3.8) is 0 Å². The van der Waals surface area contributed by atoms with Gasteiger partial charge in [0.1, 0.15) is 0 Å². The highest BCUT2D eigenvalue weighted by atomic mass is 79.9. The van der Waals surface area contributed by atoms with E-state index in [9.17, 15) is 0 Å². The van der Waals surface area contributed by atoms with Crippen LogP contribution in [0.3, 0.4) is 0 Å². The molecule has 0 saturated carbocycles. The summed E-state index contributed by atoms with van der Waals surface area (Å²) in [5.41, 5.74) is 0.953. The Morgan fingerprint density at radius 1 is 1.45 bits per heavy atom. The summed E-state index contributed by atoms with van der Waals surface area (Å²) in [5, 5.41) is 0.769. The number of hydrogen-bond donors (Lipinski definition) is 0. The normalized spacial score (nSPS) is 10.7. The van der Waals surface area contributed by atoms with Crippen LogP contribution in [0, 0.1) is 0 Å². The molecule has 0 aliphatic heterocycles. The van der Waals surface area contributed by atoms with E-state index >= 15 is 0 Å². The molecule has 1 aromatic heterocycles. The fourth-order valence-corrected chi connectivity index (χ4v) is 2.55. The number of hydrogen-bond acceptors (Lipinski definition) is 2. The lowest BCUT2D eigenvalue weighted by molar-refractivity contribution is 1.45. The Morgan fingerprint density at radius 2 is 2.27 bits per heavy atom. The van der Waals surface area contributed by atoms with E-state index in [1.165, 1.54) is 0 Å². The molecule has 0 unspecified atom stereocenters. The van der Waals surface area contributed by atoms with E-state index in [0.717, 1.165) is 19.2 Å². The molecule has 0 atom stereocenters. The van der Waals surface area contributed by atoms with Crippen LogP contribution >= 0.6 is 38.9 Å². The van der Waals surface area contributed by atoms with E-state index in [1.54, 1.807) is 11.3 Å². The van der Waals surface area contributed by atoms with Crippen molar-refractivity contribution in [1.29, 1.82) is 0 Å². The zero-order valence-electron chi connectivity index (χ0n) is 5.34. The van der Waals surface area contributed by atoms with Crippen molar-refractivity contribution in [3.05, 3.63) is 27.1 Å². The van der Waals surface area contributed by atoms with E-state index in [4.69, 9.17) is 11.6 Å². The number of fused-ring (bicyclic) bond motifs is 1. The van der Waals surface area contributed by atoms with Gasteiger partial charge in [0.15, 0.2) is 3.92 Å². The lowest BCUT2D eigenvalue weighted by Gasteiger charge is -1.87. The molecule has 0 fully saturated rings. The van der Waals surface area contributed by atoms with E-state index in [1.807, 2.05) is 18.2 Å². The minimum absolute atomic E-state index is 0.769. The molecular weight excluding hydrogens is 246 g/mol. The van der Waals surface area contributed by atoms with Crippen molar-refractivity contribution in [3.8, 4) is 0 Å². The van der Waals surface area contributed by atoms with Crippen LogP contribution in [0.4, 0.5) is 0 Å². The summed E-state index contributed by atoms with van der Waals surface area (Å²) in [6.45, 7) is 0. The summed E-state index contributed by atoms with van der Waals surface area (Å²) in [6.07, 6.45) is 0. The molecule has 1 aromatic carbocycles. The van der Waals surface area contributed by atoms with Gasteiger partial charge in [-0.2, -0.15) is 0 Å². The third-order valence-electron chi connectivity index (χ3n) is 1.34. The molecule has 1 heterocycles. The number of halogens is 2. The Morgan fingerprint density at radius 3 is 3.00 bits per heavy atom. The van der Waals surface area contributed by atoms with Crippen molar-refractivity contribution >= 4 is 49.1 Å². The summed E-state index contributed by atoms with van der Waals surface area (Å²) >= 11 is 10.8. The lowest BCUT2D eigenvalue weighted by atomic mass is 10.3. The molecule has 0 N–H and O–H groups in total. The summed E-state index contributed by atoms with van der Waals surface area (Å²) in [4.78, 5) is 4.22. The zero-order valence-corrected chi connectivity index (χ0v) is 8.50. The Bertz CT molecular complexity index is 398. The van der Waals surface area contributed by atoms with Crippen molar-refractivity contribution < 1.29 is 0 Å². The van der Waals surface area contributed by atoms with Crippen LogP contribution in [0.2, 0.25) is 5.02 Å². The topological polar surface area (TPSA) is 12.9 Å². The van der Waals surface area contributed by atoms with E-state index < -0.39 is 0 Å². The smallest absolute Gasteiger partial charge is 0.160 e. The van der Waals surface area contributed by atoms with Crippen LogP contribution in [0.25, 0.3) is 10.2 Å². The highest BCUT2D eigenvalue weighted by Crippen LogP contribution is 2.31. The molecule has 0 aliphatic carbocycles. The van der Waals surface area contributed by atoms with Gasteiger partial charge < -0.3 is 0 Å². The van der Waals surface area contributed by atoms with Gasteiger partial charge in [0.2, 0.25) is 0 Å². The number of nitrogens with zero attached hydrogens (tertiary/aromatic N) is 1. The van der Waals surface area contributed by atoms with Gasteiger partial charge in [-0.1, -0.05) is 17.7 Å². The Kier molecular flexibility index (Phi) is 1.87. The number of thiazole rings is 1. The van der Waals surface area contributed by atoms with E-state index in [0.29, 0.717) is 0 Å². The van der Waals surface area contributed by atoms with Gasteiger partial charge >= 0.3 is 0 Å². The maximum atomic E-state index is 5.92. The molecule has 2 rings (SSSR count). The molecule has 0 aliphatic rings. The van der Waals surface area contributed by atoms with Crippen LogP contribution in [0.5, 0.6) is 0 Å². The minimum atomic E-state index is 0.769. The van der Waals surface area contributed by atoms with Crippen LogP contribution < -0.4 is 0 Å². The van der Waals surface area contributed by atoms with Crippen molar-refractivity contribution in [2.75, 3.05) is 0 Å². The summed E-state index contributed by atoms with van der Waals surface area (Å²) < 4.78 is 1.92. The molecule has 0 saturated heterocycles. The van der Waals surface area contributed by atoms with Gasteiger partial charge in [-0.15, -0.1) is 11.3 Å². The average molecular weight is 249 g/mol. The van der Waals surface area contributed by atoms with Gasteiger partial charge in [0, 0.05) is 0 Å². The molecule has 0 radical (unpaired) electrons. The molecular formula is C7H3BrClNS. The molecule has 1 nitrogen and oxygen atoms in total. The third-order valence-corrected chi connectivity index (χ3v) is 3.32. The first-order valence-electron chi connectivity index (χ1n) is 2.98. The predicted molar refractivity (Wildman–Crippen MR) is 52.3 cm³/mol. The van der Waals surface area contributed by atoms with Gasteiger partial charge in [-0.25, -0.2) is 4.98 Å². The summed E-state index contributed by atoms with van der Waals surface area (Å²) in [5.74, 6) is 0. The average Bonchev–Trinajstić information content (AvgIpc) is 2.31. The van der Waals surface area contributed by atoms with E-state index in [2.05, 4.69) is 20.9 Å². The van der Waals surface area contributed by atoms with Crippen molar-refractivity contribution in [1.82, 2.24) is 4.98 Å². The largest absolute Gasteiger partial charge is 0.229 e. The van der Waals surface area contributed by atoms with Gasteiger partial charge in [-0.3, -0.25) is 0 Å². The maximum Gasteiger partial charge on any atom is 0.160 e. The molecule has 4 heteroatoms. The second-order valence-electron chi connectivity index (χ2n) is 2.05. The summed E-state index contributed by atoms with van der Waals surface area (Å²) in [7, 11) is 0. The van der Waals surface area contributed by atoms with Gasteiger partial charge in [0.25, 0.3) is 0 Å². The fraction of sp³-hybridized carbons (Fsp3) is 0. The van der Waals surface area contributed by atoms with Crippen molar-refractivity contribution in [2.45, 2.75) is 0 Å². The highest BCUT2D eigenvalue weighted by Gasteiger charge is 2.02. The van der Waals surface area contributed by atoms with Crippen LogP contribution in [-0.4, -0.2) is 4.98 Å². The summed E-state index contributed by atoms with van der Waals surface area (Å²) in [6, 6.07) is 5.72. The quantitative estimate of drug-likeness (QED) is 0.692. The third kappa shape index (κ3) is 1.28. The second-order valence-corrected chi connectivity index (χ2v) is 4.74. The first-order valence-corrected chi connectivity index (χ1v) is 4.96. The standard InChI is InChI=1S/C7H3BrClNS/c8-7-10-5-3-1-2-4(9)6(5)11-7/h1-3H. The van der Waals surface area contributed by atoms with E-state index in [-0.39, 0.29) is 0 Å². The highest BCUT2D eigenvalue weighted by molar-refractivity contribution is 9.11. The molecule has 56 valence electrons. The van der Waals surface area contributed by atoms with Gasteiger partial charge in [-0.05, 0) is 28.1 Å². The molecule has 0 spiro atoms. The molecule has 11 heavy (non-hydrogen) atoms. The SMILES string of the molecule is Clc1cccc2nc(Br)sc12. The fourth-order valence-electron chi connectivity index (χ4n) is 0.888. The van der Waals surface area contributed by atoms with Crippen LogP contribution in [-0.2, 0) is 0 Å². The van der Waals surface area contributed by atoms with Crippen LogP contribution in [0.15, 0.2) is 22.1 Å². The Hall–Kier alpha value is -0.120. The monoisotopic (exact) mass is 247 g/mol. The Labute approximate surface area is 81.1 Å². The molecule has 0 bridgehead atoms. The zero-order chi connectivity index (χ0) is 7.84. The Balaban J connectivity index is 2.90. The lowest BCUT2D eigenvalue weighted by Crippen LogP contribution is -1.66. The number of aromatic nitrogens is 1. The van der Waals surface area contributed by atoms with Crippen LogP contribution in [0.1, 0.15) is 0 Å². The number of benzene rings is 1. The number of rotatable bonds is 0.